The van der Waals surface area contributed by atoms with E-state index >= 15 is 0 Å². The van der Waals surface area contributed by atoms with Gasteiger partial charge in [-0.2, -0.15) is 0 Å². The second kappa shape index (κ2) is 5.62. The molecule has 0 saturated carbocycles. The number of benzene rings is 1. The van der Waals surface area contributed by atoms with Gasteiger partial charge < -0.3 is 9.84 Å². The first-order valence-corrected chi connectivity index (χ1v) is 6.53. The van der Waals surface area contributed by atoms with E-state index in [1.54, 1.807) is 19.2 Å². The van der Waals surface area contributed by atoms with E-state index in [-0.39, 0.29) is 6.03 Å². The third-order valence-corrected chi connectivity index (χ3v) is 3.04. The molecule has 2 amide bonds. The number of aryl methyl sites for hydroxylation is 1. The minimum Gasteiger partial charge on any atom is -0.360 e. The van der Waals surface area contributed by atoms with Gasteiger partial charge in [0.05, 0.1) is 12.2 Å². The number of nitrogens with zero attached hydrogens (tertiary/aromatic N) is 2. The van der Waals surface area contributed by atoms with Crippen LogP contribution in [0.3, 0.4) is 0 Å². The molecule has 2 N–H and O–H groups in total. The van der Waals surface area contributed by atoms with Gasteiger partial charge in [-0.25, -0.2) is 4.79 Å². The van der Waals surface area contributed by atoms with Crippen molar-refractivity contribution >= 4 is 22.6 Å². The Labute approximate surface area is 121 Å². The van der Waals surface area contributed by atoms with Gasteiger partial charge in [-0.15, -0.1) is 0 Å². The van der Waals surface area contributed by atoms with Crippen molar-refractivity contribution < 1.29 is 9.32 Å². The Bertz CT molecular complexity index is 777. The highest BCUT2D eigenvalue weighted by molar-refractivity contribution is 5.89. The van der Waals surface area contributed by atoms with Crippen LogP contribution in [-0.2, 0) is 6.54 Å². The van der Waals surface area contributed by atoms with E-state index < -0.39 is 0 Å². The molecule has 0 spiro atoms. The number of pyridine rings is 1. The maximum absolute atomic E-state index is 11.8. The topological polar surface area (TPSA) is 80.0 Å². The second-order valence-corrected chi connectivity index (χ2v) is 4.61. The number of nitrogens with one attached hydrogen (secondary N) is 2. The lowest BCUT2D eigenvalue weighted by Gasteiger charge is -2.07. The molecule has 0 aliphatic carbocycles. The number of aromatic nitrogens is 2. The summed E-state index contributed by atoms with van der Waals surface area (Å²) in [5, 5.41) is 11.2. The lowest BCUT2D eigenvalue weighted by Crippen LogP contribution is -2.28. The van der Waals surface area contributed by atoms with Gasteiger partial charge in [-0.1, -0.05) is 29.4 Å². The molecular formula is C15H14N4O2. The molecule has 6 nitrogen and oxygen atoms in total. The largest absolute Gasteiger partial charge is 0.360 e. The number of hydrogen-bond donors (Lipinski definition) is 2. The van der Waals surface area contributed by atoms with Crippen LogP contribution in [-0.4, -0.2) is 16.2 Å². The molecule has 2 heterocycles. The fourth-order valence-electron chi connectivity index (χ4n) is 2.07. The molecule has 0 atom stereocenters. The first-order valence-electron chi connectivity index (χ1n) is 6.53. The van der Waals surface area contributed by atoms with E-state index in [4.69, 9.17) is 4.52 Å². The number of fused-ring (bicyclic) bond motifs is 1. The molecule has 0 saturated heterocycles. The third kappa shape index (κ3) is 3.00. The number of urea groups is 1. The number of rotatable bonds is 3. The maximum atomic E-state index is 11.8. The molecule has 2 aromatic heterocycles. The summed E-state index contributed by atoms with van der Waals surface area (Å²) in [5.74, 6) is 1.02. The van der Waals surface area contributed by atoms with Crippen molar-refractivity contribution in [1.82, 2.24) is 15.5 Å². The molecule has 21 heavy (non-hydrogen) atoms. The first kappa shape index (κ1) is 13.1. The van der Waals surface area contributed by atoms with Crippen molar-refractivity contribution in [2.24, 2.45) is 0 Å². The van der Waals surface area contributed by atoms with Gasteiger partial charge in [0.2, 0.25) is 0 Å². The van der Waals surface area contributed by atoms with E-state index in [1.165, 1.54) is 0 Å². The lowest BCUT2D eigenvalue weighted by molar-refractivity contribution is 0.251. The molecule has 3 rings (SSSR count). The van der Waals surface area contributed by atoms with Gasteiger partial charge in [0.25, 0.3) is 0 Å². The second-order valence-electron chi connectivity index (χ2n) is 4.61. The molecule has 1 aromatic carbocycles. The molecular weight excluding hydrogens is 268 g/mol. The zero-order valence-corrected chi connectivity index (χ0v) is 11.5. The Morgan fingerprint density at radius 3 is 2.95 bits per heavy atom. The highest BCUT2D eigenvalue weighted by atomic mass is 16.5. The average molecular weight is 282 g/mol. The monoisotopic (exact) mass is 282 g/mol. The molecule has 0 aliphatic rings. The van der Waals surface area contributed by atoms with Crippen LogP contribution in [0.25, 0.3) is 10.8 Å². The molecule has 6 heteroatoms. The molecule has 3 aromatic rings. The smallest absolute Gasteiger partial charge is 0.320 e. The van der Waals surface area contributed by atoms with Crippen LogP contribution >= 0.6 is 0 Å². The molecule has 0 radical (unpaired) electrons. The van der Waals surface area contributed by atoms with E-state index in [2.05, 4.69) is 20.8 Å². The number of carbonyl (C=O) groups excluding carboxylic acids is 1. The normalized spacial score (nSPS) is 10.5. The minimum atomic E-state index is -0.349. The van der Waals surface area contributed by atoms with Gasteiger partial charge in [0.1, 0.15) is 5.76 Å². The van der Waals surface area contributed by atoms with Crippen molar-refractivity contribution in [2.45, 2.75) is 13.5 Å². The number of carbonyl (C=O) groups is 1. The average Bonchev–Trinajstić information content (AvgIpc) is 2.90. The summed E-state index contributed by atoms with van der Waals surface area (Å²) in [5.41, 5.74) is 0.819. The Hall–Kier alpha value is -2.89. The van der Waals surface area contributed by atoms with Crippen molar-refractivity contribution in [3.05, 3.63) is 54.0 Å². The van der Waals surface area contributed by atoms with Crippen LogP contribution in [0.4, 0.5) is 10.6 Å². The molecule has 0 bridgehead atoms. The zero-order chi connectivity index (χ0) is 14.7. The van der Waals surface area contributed by atoms with Crippen molar-refractivity contribution in [3.63, 3.8) is 0 Å². The summed E-state index contributed by atoms with van der Waals surface area (Å²) < 4.78 is 4.88. The van der Waals surface area contributed by atoms with Crippen LogP contribution in [0.5, 0.6) is 0 Å². The van der Waals surface area contributed by atoms with Gasteiger partial charge in [0, 0.05) is 17.6 Å². The Morgan fingerprint density at radius 1 is 1.29 bits per heavy atom. The van der Waals surface area contributed by atoms with Gasteiger partial charge in [0.15, 0.2) is 5.82 Å². The SMILES string of the molecule is Cc1cc(NC(=O)NCc2nccc3ccccc23)no1. The molecule has 0 unspecified atom stereocenters. The fraction of sp³-hybridized carbons (Fsp3) is 0.133. The maximum Gasteiger partial charge on any atom is 0.320 e. The predicted octanol–water partition coefficient (Wildman–Crippen LogP) is 2.85. The highest BCUT2D eigenvalue weighted by Crippen LogP contribution is 2.16. The molecule has 106 valence electrons. The van der Waals surface area contributed by atoms with E-state index in [1.807, 2.05) is 30.3 Å². The Kier molecular flexibility index (Phi) is 3.51. The van der Waals surface area contributed by atoms with Gasteiger partial charge in [-0.05, 0) is 18.4 Å². The van der Waals surface area contributed by atoms with Crippen molar-refractivity contribution in [2.75, 3.05) is 5.32 Å². The van der Waals surface area contributed by atoms with Crippen LogP contribution in [0.2, 0.25) is 0 Å². The number of anilines is 1. The quantitative estimate of drug-likeness (QED) is 0.774. The number of amides is 2. The summed E-state index contributed by atoms with van der Waals surface area (Å²) in [6.45, 7) is 2.10. The highest BCUT2D eigenvalue weighted by Gasteiger charge is 2.07. The van der Waals surface area contributed by atoms with Crippen molar-refractivity contribution in [1.29, 1.82) is 0 Å². The Balaban J connectivity index is 1.67. The fourth-order valence-corrected chi connectivity index (χ4v) is 2.07. The zero-order valence-electron chi connectivity index (χ0n) is 11.5. The van der Waals surface area contributed by atoms with Gasteiger partial charge in [-0.3, -0.25) is 10.3 Å². The molecule has 0 fully saturated rings. The van der Waals surface area contributed by atoms with Crippen LogP contribution in [0.1, 0.15) is 11.5 Å². The van der Waals surface area contributed by atoms with E-state index in [0.717, 1.165) is 16.5 Å². The van der Waals surface area contributed by atoms with Crippen LogP contribution in [0, 0.1) is 6.92 Å². The summed E-state index contributed by atoms with van der Waals surface area (Å²) in [4.78, 5) is 16.1. The van der Waals surface area contributed by atoms with E-state index in [0.29, 0.717) is 18.1 Å². The summed E-state index contributed by atoms with van der Waals surface area (Å²) in [7, 11) is 0. The van der Waals surface area contributed by atoms with Crippen LogP contribution < -0.4 is 10.6 Å². The van der Waals surface area contributed by atoms with E-state index in [9.17, 15) is 4.79 Å². The standard InChI is InChI=1S/C15H14N4O2/c1-10-8-14(19-21-10)18-15(20)17-9-13-12-5-3-2-4-11(12)6-7-16-13/h2-8H,9H2,1H3,(H2,17,18,19,20). The van der Waals surface area contributed by atoms with Gasteiger partial charge >= 0.3 is 6.03 Å². The third-order valence-electron chi connectivity index (χ3n) is 3.04. The first-order chi connectivity index (χ1) is 10.2. The Morgan fingerprint density at radius 2 is 2.14 bits per heavy atom. The lowest BCUT2D eigenvalue weighted by atomic mass is 10.1. The van der Waals surface area contributed by atoms with Crippen molar-refractivity contribution in [3.8, 4) is 0 Å². The summed E-state index contributed by atoms with van der Waals surface area (Å²) in [6.07, 6.45) is 1.73. The molecule has 0 aliphatic heterocycles. The minimum absolute atomic E-state index is 0.337. The number of hydrogen-bond acceptors (Lipinski definition) is 4. The predicted molar refractivity (Wildman–Crippen MR) is 78.8 cm³/mol. The summed E-state index contributed by atoms with van der Waals surface area (Å²) >= 11 is 0. The summed E-state index contributed by atoms with van der Waals surface area (Å²) in [6, 6.07) is 11.2. The van der Waals surface area contributed by atoms with Crippen LogP contribution in [0.15, 0.2) is 47.1 Å².